The molecule has 0 N–H and O–H groups in total. The highest BCUT2D eigenvalue weighted by Gasteiger charge is 2.28. The molecular formula is C23H24O8. The summed E-state index contributed by atoms with van der Waals surface area (Å²) in [7, 11) is 4.54. The molecule has 1 heterocycles. The molecule has 8 nitrogen and oxygen atoms in total. The van der Waals surface area contributed by atoms with Crippen LogP contribution in [0.1, 0.15) is 29.8 Å². The molecule has 0 spiro atoms. The van der Waals surface area contributed by atoms with Gasteiger partial charge in [0.05, 0.1) is 33.5 Å². The first-order valence-electron chi connectivity index (χ1n) is 9.63. The molecule has 0 unspecified atom stereocenters. The molecule has 0 aliphatic carbocycles. The molecule has 0 bridgehead atoms. The fourth-order valence-electron chi connectivity index (χ4n) is 3.09. The zero-order valence-corrected chi connectivity index (χ0v) is 18.0. The molecule has 3 rings (SSSR count). The summed E-state index contributed by atoms with van der Waals surface area (Å²) in [6, 6.07) is 8.20. The number of fused-ring (bicyclic) bond motifs is 1. The molecular weight excluding hydrogens is 404 g/mol. The van der Waals surface area contributed by atoms with E-state index in [-0.39, 0.29) is 18.1 Å². The highest BCUT2D eigenvalue weighted by atomic mass is 16.6. The van der Waals surface area contributed by atoms with Crippen LogP contribution in [0.3, 0.4) is 0 Å². The van der Waals surface area contributed by atoms with Crippen molar-refractivity contribution < 1.29 is 38.0 Å². The number of rotatable bonds is 8. The number of esters is 1. The molecule has 8 heteroatoms. The predicted octanol–water partition coefficient (Wildman–Crippen LogP) is 3.66. The Morgan fingerprint density at radius 2 is 1.74 bits per heavy atom. The molecule has 0 saturated heterocycles. The molecule has 0 radical (unpaired) electrons. The van der Waals surface area contributed by atoms with Gasteiger partial charge in [-0.2, -0.15) is 0 Å². The Morgan fingerprint density at radius 3 is 2.32 bits per heavy atom. The topological polar surface area (TPSA) is 89.5 Å². The van der Waals surface area contributed by atoms with Crippen LogP contribution in [0.2, 0.25) is 0 Å². The third-order valence-corrected chi connectivity index (χ3v) is 4.56. The first kappa shape index (κ1) is 22.0. The second-order valence-electron chi connectivity index (χ2n) is 6.57. The first-order valence-corrected chi connectivity index (χ1v) is 9.63. The van der Waals surface area contributed by atoms with E-state index in [2.05, 4.69) is 0 Å². The number of allylic oxidation sites excluding steroid dienone is 1. The Labute approximate surface area is 180 Å². The molecule has 2 aromatic carbocycles. The maximum Gasteiger partial charge on any atom is 0.347 e. The summed E-state index contributed by atoms with van der Waals surface area (Å²) in [6.45, 7) is 3.58. The zero-order chi connectivity index (χ0) is 22.5. The van der Waals surface area contributed by atoms with Crippen molar-refractivity contribution in [2.24, 2.45) is 0 Å². The van der Waals surface area contributed by atoms with Gasteiger partial charge in [-0.25, -0.2) is 4.79 Å². The van der Waals surface area contributed by atoms with Crippen molar-refractivity contribution in [1.29, 1.82) is 0 Å². The van der Waals surface area contributed by atoms with Gasteiger partial charge in [0.25, 0.3) is 0 Å². The maximum absolute atomic E-state index is 12.8. The Morgan fingerprint density at radius 1 is 1.06 bits per heavy atom. The quantitative estimate of drug-likeness (QED) is 0.465. The highest BCUT2D eigenvalue weighted by Crippen LogP contribution is 2.40. The second-order valence-corrected chi connectivity index (χ2v) is 6.57. The Balaban J connectivity index is 1.86. The van der Waals surface area contributed by atoms with Gasteiger partial charge in [0.1, 0.15) is 11.5 Å². The molecule has 31 heavy (non-hydrogen) atoms. The number of methoxy groups -OCH3 is 3. The van der Waals surface area contributed by atoms with Gasteiger partial charge >= 0.3 is 5.97 Å². The van der Waals surface area contributed by atoms with Crippen LogP contribution in [0, 0.1) is 0 Å². The van der Waals surface area contributed by atoms with Gasteiger partial charge in [0, 0.05) is 6.07 Å². The largest absolute Gasteiger partial charge is 0.493 e. The van der Waals surface area contributed by atoms with Crippen LogP contribution in [0.5, 0.6) is 28.7 Å². The lowest BCUT2D eigenvalue weighted by Gasteiger charge is -2.13. The molecule has 0 aromatic heterocycles. The fraction of sp³-hybridized carbons (Fsp3) is 0.304. The number of ether oxygens (including phenoxy) is 6. The maximum atomic E-state index is 12.8. The van der Waals surface area contributed by atoms with Crippen LogP contribution in [0.15, 0.2) is 36.1 Å². The fourth-order valence-corrected chi connectivity index (χ4v) is 3.09. The number of Topliss-reactive ketones (excluding diaryl/α,β-unsaturated/α-hetero) is 1. The molecule has 1 aliphatic heterocycles. The number of benzene rings is 2. The zero-order valence-electron chi connectivity index (χ0n) is 18.0. The van der Waals surface area contributed by atoms with Crippen molar-refractivity contribution in [1.82, 2.24) is 0 Å². The van der Waals surface area contributed by atoms with Crippen LogP contribution >= 0.6 is 0 Å². The lowest BCUT2D eigenvalue weighted by molar-refractivity contribution is -0.150. The third kappa shape index (κ3) is 4.58. The lowest BCUT2D eigenvalue weighted by atomic mass is 10.1. The van der Waals surface area contributed by atoms with Crippen molar-refractivity contribution in [2.75, 3.05) is 27.9 Å². The summed E-state index contributed by atoms with van der Waals surface area (Å²) in [5.41, 5.74) is 1.04. The van der Waals surface area contributed by atoms with E-state index >= 15 is 0 Å². The SMILES string of the molecule is CCOC(=O)[C@@H](C)Oc1ccc2c(c1)OC(=Cc1cc(OC)c(OC)c(OC)c1)C2=O. The predicted molar refractivity (Wildman–Crippen MR) is 112 cm³/mol. The minimum Gasteiger partial charge on any atom is -0.493 e. The summed E-state index contributed by atoms with van der Waals surface area (Å²) >= 11 is 0. The van der Waals surface area contributed by atoms with Crippen LogP contribution < -0.4 is 23.7 Å². The summed E-state index contributed by atoms with van der Waals surface area (Å²) in [5.74, 6) is 1.50. The monoisotopic (exact) mass is 428 g/mol. The normalized spacial score (nSPS) is 14.5. The highest BCUT2D eigenvalue weighted by molar-refractivity contribution is 6.14. The van der Waals surface area contributed by atoms with E-state index in [9.17, 15) is 9.59 Å². The van der Waals surface area contributed by atoms with Gasteiger partial charge in [-0.1, -0.05) is 0 Å². The minimum atomic E-state index is -0.788. The van der Waals surface area contributed by atoms with Crippen molar-refractivity contribution in [3.05, 3.63) is 47.2 Å². The molecule has 2 aromatic rings. The molecule has 1 aliphatic rings. The van der Waals surface area contributed by atoms with Gasteiger partial charge in [-0.3, -0.25) is 4.79 Å². The van der Waals surface area contributed by atoms with Gasteiger partial charge < -0.3 is 28.4 Å². The van der Waals surface area contributed by atoms with Gasteiger partial charge in [0.15, 0.2) is 23.4 Å². The number of carbonyl (C=O) groups is 2. The summed E-state index contributed by atoms with van der Waals surface area (Å²) < 4.78 is 32.3. The first-order chi connectivity index (χ1) is 14.9. The molecule has 0 fully saturated rings. The van der Waals surface area contributed by atoms with Crippen molar-refractivity contribution in [3.8, 4) is 28.7 Å². The number of hydrogen-bond acceptors (Lipinski definition) is 8. The van der Waals surface area contributed by atoms with Gasteiger partial charge in [0.2, 0.25) is 11.5 Å². The Bertz CT molecular complexity index is 999. The average Bonchev–Trinajstić information content (AvgIpc) is 3.07. The Kier molecular flexibility index (Phi) is 6.69. The van der Waals surface area contributed by atoms with Crippen molar-refractivity contribution in [2.45, 2.75) is 20.0 Å². The van der Waals surface area contributed by atoms with Gasteiger partial charge in [-0.15, -0.1) is 0 Å². The summed E-state index contributed by atoms with van der Waals surface area (Å²) in [4.78, 5) is 24.5. The van der Waals surface area contributed by atoms with E-state index in [1.54, 1.807) is 50.3 Å². The van der Waals surface area contributed by atoms with E-state index in [1.165, 1.54) is 21.3 Å². The molecule has 1 atom stereocenters. The van der Waals surface area contributed by atoms with E-state index in [0.717, 1.165) is 0 Å². The van der Waals surface area contributed by atoms with Crippen molar-refractivity contribution in [3.63, 3.8) is 0 Å². The molecule has 164 valence electrons. The average molecular weight is 428 g/mol. The van der Waals surface area contributed by atoms with E-state index in [0.29, 0.717) is 39.9 Å². The van der Waals surface area contributed by atoms with E-state index in [1.807, 2.05) is 0 Å². The smallest absolute Gasteiger partial charge is 0.347 e. The third-order valence-electron chi connectivity index (χ3n) is 4.56. The summed E-state index contributed by atoms with van der Waals surface area (Å²) in [5, 5.41) is 0. The number of carbonyl (C=O) groups excluding carboxylic acids is 2. The standard InChI is InChI=1S/C23H24O8/c1-6-29-23(25)13(2)30-15-7-8-16-17(12-15)31-18(21(16)24)9-14-10-19(26-3)22(28-5)20(11-14)27-4/h7-13H,6H2,1-5H3/t13-/m1/s1. The van der Waals surface area contributed by atoms with Crippen LogP contribution in [-0.2, 0) is 9.53 Å². The van der Waals surface area contributed by atoms with Crippen LogP contribution in [0.4, 0.5) is 0 Å². The van der Waals surface area contributed by atoms with Gasteiger partial charge in [-0.05, 0) is 49.8 Å². The minimum absolute atomic E-state index is 0.139. The number of hydrogen-bond donors (Lipinski definition) is 0. The lowest BCUT2D eigenvalue weighted by Crippen LogP contribution is -2.26. The van der Waals surface area contributed by atoms with Crippen LogP contribution in [0.25, 0.3) is 6.08 Å². The van der Waals surface area contributed by atoms with Crippen LogP contribution in [-0.4, -0.2) is 45.8 Å². The summed E-state index contributed by atoms with van der Waals surface area (Å²) in [6.07, 6.45) is 0.804. The van der Waals surface area contributed by atoms with Crippen molar-refractivity contribution >= 4 is 17.8 Å². The molecule has 0 amide bonds. The second kappa shape index (κ2) is 9.42. The number of ketones is 1. The Hall–Kier alpha value is -3.68. The molecule has 0 saturated carbocycles. The van der Waals surface area contributed by atoms with E-state index in [4.69, 9.17) is 28.4 Å². The van der Waals surface area contributed by atoms with E-state index < -0.39 is 12.1 Å².